The van der Waals surface area contributed by atoms with E-state index in [1.165, 1.54) is 0 Å². The van der Waals surface area contributed by atoms with Crippen molar-refractivity contribution >= 4 is 18.9 Å². The van der Waals surface area contributed by atoms with Crippen LogP contribution in [0.3, 0.4) is 0 Å². The van der Waals surface area contributed by atoms with Crippen molar-refractivity contribution in [2.24, 2.45) is 0 Å². The predicted octanol–water partition coefficient (Wildman–Crippen LogP) is 3.10. The minimum Gasteiger partial charge on any atom is -0.285 e. The Morgan fingerprint density at radius 1 is 0.933 bits per heavy atom. The van der Waals surface area contributed by atoms with Gasteiger partial charge in [0.05, 0.1) is 0 Å². The van der Waals surface area contributed by atoms with Gasteiger partial charge in [-0.2, -0.15) is 0 Å². The molecule has 15 heavy (non-hydrogen) atoms. The average Bonchev–Trinajstić information content (AvgIpc) is 2.30. The average molecular weight is 213 g/mol. The first-order valence-corrected chi connectivity index (χ1v) is 5.02. The highest BCUT2D eigenvalue weighted by Gasteiger charge is 2.01. The van der Waals surface area contributed by atoms with E-state index in [1.54, 1.807) is 6.07 Å². The molecule has 0 N–H and O–H groups in total. The molecule has 0 atom stereocenters. The summed E-state index contributed by atoms with van der Waals surface area (Å²) in [4.78, 5) is 11.2. The monoisotopic (exact) mass is 213 g/mol. The lowest BCUT2D eigenvalue weighted by Gasteiger charge is -2.03. The van der Waals surface area contributed by atoms with Gasteiger partial charge in [0.1, 0.15) is 0 Å². The minimum atomic E-state index is 0.498. The number of rotatable bonds is 2. The molecule has 0 amide bonds. The van der Waals surface area contributed by atoms with Crippen LogP contribution in [0.25, 0.3) is 11.1 Å². The van der Waals surface area contributed by atoms with E-state index >= 15 is 0 Å². The van der Waals surface area contributed by atoms with Gasteiger partial charge in [-0.25, -0.2) is 0 Å². The lowest BCUT2D eigenvalue weighted by Crippen LogP contribution is -1.84. The molecule has 0 aliphatic carbocycles. The van der Waals surface area contributed by atoms with Gasteiger partial charge in [0.2, 0.25) is 6.29 Å². The van der Waals surface area contributed by atoms with Crippen LogP contribution in [0.5, 0.6) is 0 Å². The molecule has 0 saturated heterocycles. The van der Waals surface area contributed by atoms with E-state index in [0.717, 1.165) is 11.1 Å². The van der Waals surface area contributed by atoms with Crippen molar-refractivity contribution in [3.05, 3.63) is 54.1 Å². The van der Waals surface area contributed by atoms with Gasteiger partial charge in [0.25, 0.3) is 0 Å². The Labute approximate surface area is 94.2 Å². The first-order valence-electron chi connectivity index (χ1n) is 4.58. The zero-order chi connectivity index (χ0) is 10.7. The number of hydrogen-bond donors (Lipinski definition) is 1. The van der Waals surface area contributed by atoms with Crippen molar-refractivity contribution in [2.75, 3.05) is 0 Å². The molecule has 0 saturated carbocycles. The molecule has 0 spiro atoms. The van der Waals surface area contributed by atoms with Crippen molar-refractivity contribution in [1.29, 1.82) is 0 Å². The van der Waals surface area contributed by atoms with Gasteiger partial charge in [0, 0.05) is 10.5 Å². The van der Waals surface area contributed by atoms with E-state index in [2.05, 4.69) is 12.6 Å². The molecule has 73 valence electrons. The van der Waals surface area contributed by atoms with E-state index in [1.807, 2.05) is 48.8 Å². The van der Waals surface area contributed by atoms with Crippen LogP contribution in [0.4, 0.5) is 0 Å². The van der Waals surface area contributed by atoms with Crippen LogP contribution in [0, 0.1) is 0 Å². The smallest absolute Gasteiger partial charge is 0.234 e. The maximum absolute atomic E-state index is 10.5. The van der Waals surface area contributed by atoms with E-state index in [-0.39, 0.29) is 0 Å². The fourth-order valence-corrected chi connectivity index (χ4v) is 1.69. The maximum atomic E-state index is 10.5. The molecule has 0 heterocycles. The summed E-state index contributed by atoms with van der Waals surface area (Å²) in [6, 6.07) is 15.5. The number of hydrogen-bond acceptors (Lipinski definition) is 2. The summed E-state index contributed by atoms with van der Waals surface area (Å²) in [7, 11) is 0. The van der Waals surface area contributed by atoms with E-state index in [9.17, 15) is 4.79 Å². The summed E-state index contributed by atoms with van der Waals surface area (Å²) in [6.07, 6.45) is 1.85. The second kappa shape index (κ2) is 4.32. The third-order valence-electron chi connectivity index (χ3n) is 2.21. The van der Waals surface area contributed by atoms with Crippen molar-refractivity contribution in [1.82, 2.24) is 0 Å². The Bertz CT molecular complexity index is 477. The quantitative estimate of drug-likeness (QED) is 0.758. The van der Waals surface area contributed by atoms with E-state index < -0.39 is 0 Å². The molecule has 0 aliphatic rings. The van der Waals surface area contributed by atoms with Crippen molar-refractivity contribution in [3.8, 4) is 11.1 Å². The van der Waals surface area contributed by atoms with E-state index in [4.69, 9.17) is 0 Å². The normalized spacial score (nSPS) is 9.93. The first kappa shape index (κ1) is 9.99. The highest BCUT2D eigenvalue weighted by molar-refractivity contribution is 7.80. The van der Waals surface area contributed by atoms with E-state index in [0.29, 0.717) is 10.5 Å². The van der Waals surface area contributed by atoms with Gasteiger partial charge >= 0.3 is 0 Å². The van der Waals surface area contributed by atoms with Crippen LogP contribution in [0.1, 0.15) is 5.56 Å². The van der Waals surface area contributed by atoms with Gasteiger partial charge in [-0.3, -0.25) is 4.79 Å². The molecule has 2 aromatic carbocycles. The lowest BCUT2D eigenvalue weighted by atomic mass is 10.0. The molecular formula is C13H9OS. The van der Waals surface area contributed by atoms with Crippen LogP contribution < -0.4 is 0 Å². The Morgan fingerprint density at radius 3 is 2.27 bits per heavy atom. The number of benzene rings is 2. The van der Waals surface area contributed by atoms with Crippen LogP contribution in [-0.4, -0.2) is 6.29 Å². The molecule has 2 heteroatoms. The predicted molar refractivity (Wildman–Crippen MR) is 63.9 cm³/mol. The van der Waals surface area contributed by atoms with Crippen LogP contribution >= 0.6 is 12.6 Å². The molecule has 2 rings (SSSR count). The fourth-order valence-electron chi connectivity index (χ4n) is 1.43. The summed E-state index contributed by atoms with van der Waals surface area (Å²) in [6.45, 7) is 0. The molecule has 1 radical (unpaired) electrons. The number of thiol groups is 1. The molecule has 2 aromatic rings. The second-order valence-corrected chi connectivity index (χ2v) is 3.68. The van der Waals surface area contributed by atoms with Crippen molar-refractivity contribution in [2.45, 2.75) is 4.90 Å². The molecule has 0 fully saturated rings. The summed E-state index contributed by atoms with van der Waals surface area (Å²) in [5.41, 5.74) is 2.67. The van der Waals surface area contributed by atoms with Gasteiger partial charge in [-0.15, -0.1) is 12.6 Å². The van der Waals surface area contributed by atoms with Crippen LogP contribution in [0.15, 0.2) is 53.4 Å². The third-order valence-corrected chi connectivity index (χ3v) is 2.58. The fraction of sp³-hybridized carbons (Fsp3) is 0. The topological polar surface area (TPSA) is 17.1 Å². The van der Waals surface area contributed by atoms with Crippen molar-refractivity contribution < 1.29 is 4.79 Å². The summed E-state index contributed by atoms with van der Waals surface area (Å²) >= 11 is 4.24. The molecule has 0 unspecified atom stereocenters. The Kier molecular flexibility index (Phi) is 2.88. The lowest BCUT2D eigenvalue weighted by molar-refractivity contribution is 0.562. The Balaban J connectivity index is 2.47. The second-order valence-electron chi connectivity index (χ2n) is 3.20. The van der Waals surface area contributed by atoms with Crippen LogP contribution in [0.2, 0.25) is 0 Å². The summed E-state index contributed by atoms with van der Waals surface area (Å²) < 4.78 is 0. The molecule has 0 aliphatic heterocycles. The Morgan fingerprint density at radius 2 is 1.67 bits per heavy atom. The SMILES string of the molecule is O=[C]c1ccc(-c2ccccc2)cc1S. The third kappa shape index (κ3) is 2.10. The highest BCUT2D eigenvalue weighted by Crippen LogP contribution is 2.23. The molecule has 0 aromatic heterocycles. The zero-order valence-corrected chi connectivity index (χ0v) is 8.87. The zero-order valence-electron chi connectivity index (χ0n) is 7.97. The van der Waals surface area contributed by atoms with Gasteiger partial charge in [-0.05, 0) is 23.3 Å². The van der Waals surface area contributed by atoms with Gasteiger partial charge < -0.3 is 0 Å². The van der Waals surface area contributed by atoms with Crippen LogP contribution in [-0.2, 0) is 4.79 Å². The molecule has 1 nitrogen and oxygen atoms in total. The number of carbonyl (C=O) groups excluding carboxylic acids is 1. The molecular weight excluding hydrogens is 204 g/mol. The maximum Gasteiger partial charge on any atom is 0.234 e. The standard InChI is InChI=1S/C13H9OS/c14-9-12-7-6-11(8-13(12)15)10-4-2-1-3-5-10/h1-8,15H. The first-order chi connectivity index (χ1) is 7.31. The van der Waals surface area contributed by atoms with Gasteiger partial charge in [-0.1, -0.05) is 36.4 Å². The summed E-state index contributed by atoms with van der Waals surface area (Å²) in [5, 5.41) is 0. The van der Waals surface area contributed by atoms with Crippen molar-refractivity contribution in [3.63, 3.8) is 0 Å². The minimum absolute atomic E-state index is 0.498. The summed E-state index contributed by atoms with van der Waals surface area (Å²) in [5.74, 6) is 0. The largest absolute Gasteiger partial charge is 0.285 e. The van der Waals surface area contributed by atoms with Gasteiger partial charge in [0.15, 0.2) is 0 Å². The molecule has 0 bridgehead atoms. The highest BCUT2D eigenvalue weighted by atomic mass is 32.1. The Hall–Kier alpha value is -1.54.